The van der Waals surface area contributed by atoms with E-state index in [1.54, 1.807) is 17.3 Å². The van der Waals surface area contributed by atoms with Gasteiger partial charge in [0.15, 0.2) is 0 Å². The summed E-state index contributed by atoms with van der Waals surface area (Å²) in [7, 11) is -0.508. The molecule has 0 aromatic carbocycles. The Hall–Kier alpha value is -1.87. The summed E-state index contributed by atoms with van der Waals surface area (Å²) in [5.74, 6) is 0. The van der Waals surface area contributed by atoms with Crippen LogP contribution >= 0.6 is 0 Å². The summed E-state index contributed by atoms with van der Waals surface area (Å²) in [6.45, 7) is 14.6. The number of aromatic nitrogens is 2. The number of amides is 1. The van der Waals surface area contributed by atoms with E-state index in [-0.39, 0.29) is 18.1 Å². The lowest BCUT2D eigenvalue weighted by atomic mass is 9.81. The minimum Gasteiger partial charge on any atom is -0.461 e. The molecule has 0 unspecified atom stereocenters. The first-order valence-corrected chi connectivity index (χ1v) is 10.2. The Labute approximate surface area is 173 Å². The summed E-state index contributed by atoms with van der Waals surface area (Å²) in [5.41, 5.74) is -0.606. The van der Waals surface area contributed by atoms with Crippen molar-refractivity contribution in [1.29, 1.82) is 0 Å². The number of hydrogen-bond donors (Lipinski definition) is 0. The fourth-order valence-corrected chi connectivity index (χ4v) is 3.24. The van der Waals surface area contributed by atoms with Crippen molar-refractivity contribution in [2.45, 2.75) is 84.2 Å². The van der Waals surface area contributed by atoms with Gasteiger partial charge in [-0.2, -0.15) is 0 Å². The van der Waals surface area contributed by atoms with E-state index < -0.39 is 23.9 Å². The first-order chi connectivity index (χ1) is 13.4. The molecule has 1 amide bonds. The summed E-state index contributed by atoms with van der Waals surface area (Å²) >= 11 is 0. The zero-order valence-corrected chi connectivity index (χ0v) is 18.5. The largest absolute Gasteiger partial charge is 0.498 e. The zero-order chi connectivity index (χ0) is 21.4. The van der Waals surface area contributed by atoms with Crippen molar-refractivity contribution in [3.8, 4) is 6.01 Å². The summed E-state index contributed by atoms with van der Waals surface area (Å²) in [6.07, 6.45) is 4.80. The Bertz CT molecular complexity index is 717. The predicted molar refractivity (Wildman–Crippen MR) is 109 cm³/mol. The van der Waals surface area contributed by atoms with Crippen LogP contribution in [0.3, 0.4) is 0 Å². The standard InChI is InChI=1S/C20H32BN3O5/c1-18(2,3)27-17(25)24-10-8-9-15(24)13-26-16-22-11-14(12-23-16)21-28-19(4,5)20(6,7)29-21/h11-12,15H,8-10,13H2,1-7H3/t15-/m1/s1. The molecular weight excluding hydrogens is 373 g/mol. The molecule has 2 aliphatic rings. The molecule has 9 heteroatoms. The molecule has 2 saturated heterocycles. The molecule has 2 aliphatic heterocycles. The minimum atomic E-state index is -0.516. The van der Waals surface area contributed by atoms with Crippen molar-refractivity contribution >= 4 is 18.7 Å². The number of likely N-dealkylation sites (tertiary alicyclic amines) is 1. The van der Waals surface area contributed by atoms with E-state index in [0.29, 0.717) is 13.2 Å². The van der Waals surface area contributed by atoms with Crippen LogP contribution in [0.15, 0.2) is 12.4 Å². The van der Waals surface area contributed by atoms with Gasteiger partial charge in [0, 0.05) is 24.4 Å². The second-order valence-corrected chi connectivity index (χ2v) is 9.67. The molecule has 1 atom stereocenters. The number of hydrogen-bond acceptors (Lipinski definition) is 7. The van der Waals surface area contributed by atoms with Crippen molar-refractivity contribution in [2.75, 3.05) is 13.2 Å². The molecule has 0 radical (unpaired) electrons. The van der Waals surface area contributed by atoms with E-state index in [4.69, 9.17) is 18.8 Å². The molecule has 0 spiro atoms. The van der Waals surface area contributed by atoms with Gasteiger partial charge in [-0.15, -0.1) is 0 Å². The fraction of sp³-hybridized carbons (Fsp3) is 0.750. The number of rotatable bonds is 4. The van der Waals surface area contributed by atoms with Crippen molar-refractivity contribution in [3.05, 3.63) is 12.4 Å². The Balaban J connectivity index is 1.56. The van der Waals surface area contributed by atoms with E-state index in [0.717, 1.165) is 18.3 Å². The molecule has 29 heavy (non-hydrogen) atoms. The lowest BCUT2D eigenvalue weighted by Crippen LogP contribution is -2.42. The molecule has 8 nitrogen and oxygen atoms in total. The number of carbonyl (C=O) groups excluding carboxylic acids is 1. The summed E-state index contributed by atoms with van der Waals surface area (Å²) in [4.78, 5) is 22.7. The monoisotopic (exact) mass is 405 g/mol. The maximum absolute atomic E-state index is 12.4. The molecule has 160 valence electrons. The second-order valence-electron chi connectivity index (χ2n) is 9.67. The van der Waals surface area contributed by atoms with Gasteiger partial charge in [0.1, 0.15) is 12.2 Å². The lowest BCUT2D eigenvalue weighted by Gasteiger charge is -2.32. The van der Waals surface area contributed by atoms with E-state index in [2.05, 4.69) is 9.97 Å². The highest BCUT2D eigenvalue weighted by molar-refractivity contribution is 6.61. The summed E-state index contributed by atoms with van der Waals surface area (Å²) < 4.78 is 23.2. The Morgan fingerprint density at radius 1 is 1.21 bits per heavy atom. The quantitative estimate of drug-likeness (QED) is 0.712. The molecule has 0 saturated carbocycles. The lowest BCUT2D eigenvalue weighted by molar-refractivity contribution is 0.00578. The van der Waals surface area contributed by atoms with Crippen molar-refractivity contribution < 1.29 is 23.6 Å². The van der Waals surface area contributed by atoms with Crippen LogP contribution < -0.4 is 10.2 Å². The van der Waals surface area contributed by atoms with Gasteiger partial charge in [-0.1, -0.05) is 0 Å². The van der Waals surface area contributed by atoms with Crippen LogP contribution in [0.1, 0.15) is 61.3 Å². The van der Waals surface area contributed by atoms with Crippen LogP contribution in [-0.2, 0) is 14.0 Å². The minimum absolute atomic E-state index is 0.0452. The van der Waals surface area contributed by atoms with E-state index >= 15 is 0 Å². The normalized spacial score (nSPS) is 23.3. The highest BCUT2D eigenvalue weighted by Crippen LogP contribution is 2.36. The fourth-order valence-electron chi connectivity index (χ4n) is 3.24. The van der Waals surface area contributed by atoms with Gasteiger partial charge in [0.05, 0.1) is 17.2 Å². The van der Waals surface area contributed by atoms with Gasteiger partial charge >= 0.3 is 19.2 Å². The van der Waals surface area contributed by atoms with Crippen molar-refractivity contribution in [1.82, 2.24) is 14.9 Å². The average molecular weight is 405 g/mol. The Kier molecular flexibility index (Phi) is 5.84. The molecule has 0 N–H and O–H groups in total. The average Bonchev–Trinajstić information content (AvgIpc) is 3.14. The van der Waals surface area contributed by atoms with Gasteiger partial charge in [-0.3, -0.25) is 0 Å². The van der Waals surface area contributed by atoms with Gasteiger partial charge in [0.2, 0.25) is 0 Å². The van der Waals surface area contributed by atoms with Gasteiger partial charge < -0.3 is 23.7 Å². The van der Waals surface area contributed by atoms with Crippen LogP contribution in [0.5, 0.6) is 6.01 Å². The van der Waals surface area contributed by atoms with Crippen LogP contribution in [0.4, 0.5) is 4.79 Å². The third-order valence-electron chi connectivity index (χ3n) is 5.58. The topological polar surface area (TPSA) is 83.0 Å². The Morgan fingerprint density at radius 2 is 1.79 bits per heavy atom. The molecule has 1 aromatic rings. The van der Waals surface area contributed by atoms with Gasteiger partial charge in [-0.25, -0.2) is 14.8 Å². The maximum Gasteiger partial charge on any atom is 0.498 e. The molecule has 0 aliphatic carbocycles. The number of carbonyl (C=O) groups is 1. The van der Waals surface area contributed by atoms with Crippen LogP contribution in [0.25, 0.3) is 0 Å². The first-order valence-electron chi connectivity index (χ1n) is 10.2. The number of ether oxygens (including phenoxy) is 2. The zero-order valence-electron chi connectivity index (χ0n) is 18.5. The van der Waals surface area contributed by atoms with Gasteiger partial charge in [0.25, 0.3) is 0 Å². The summed E-state index contributed by atoms with van der Waals surface area (Å²) in [6, 6.07) is 0.220. The van der Waals surface area contributed by atoms with Crippen LogP contribution in [0.2, 0.25) is 0 Å². The van der Waals surface area contributed by atoms with E-state index in [1.165, 1.54) is 0 Å². The summed E-state index contributed by atoms with van der Waals surface area (Å²) in [5, 5.41) is 0. The predicted octanol–water partition coefficient (Wildman–Crippen LogP) is 2.55. The smallest absolute Gasteiger partial charge is 0.461 e. The second kappa shape index (κ2) is 7.76. The molecule has 2 fully saturated rings. The maximum atomic E-state index is 12.4. The molecule has 1 aromatic heterocycles. The SMILES string of the molecule is CC(C)(C)OC(=O)N1CCC[C@@H]1COc1ncc(B2OC(C)(C)C(C)(C)O2)cn1. The molecule has 0 bridgehead atoms. The van der Waals surface area contributed by atoms with Crippen molar-refractivity contribution in [2.24, 2.45) is 0 Å². The molecular formula is C20H32BN3O5. The number of nitrogens with zero attached hydrogens (tertiary/aromatic N) is 3. The first kappa shape index (κ1) is 21.8. The van der Waals surface area contributed by atoms with Crippen LogP contribution in [0, 0.1) is 0 Å². The van der Waals surface area contributed by atoms with E-state index in [9.17, 15) is 4.79 Å². The van der Waals surface area contributed by atoms with Crippen molar-refractivity contribution in [3.63, 3.8) is 0 Å². The molecule has 3 rings (SSSR count). The highest BCUT2D eigenvalue weighted by Gasteiger charge is 2.52. The van der Waals surface area contributed by atoms with E-state index in [1.807, 2.05) is 48.5 Å². The highest BCUT2D eigenvalue weighted by atomic mass is 16.7. The third kappa shape index (κ3) is 5.01. The van der Waals surface area contributed by atoms with Crippen LogP contribution in [-0.4, -0.2) is 64.1 Å². The molecule has 3 heterocycles. The third-order valence-corrected chi connectivity index (χ3v) is 5.58. The Morgan fingerprint density at radius 3 is 2.34 bits per heavy atom. The van der Waals surface area contributed by atoms with Gasteiger partial charge in [-0.05, 0) is 61.3 Å².